The lowest BCUT2D eigenvalue weighted by molar-refractivity contribution is 0.252. The molecule has 0 fully saturated rings. The van der Waals surface area contributed by atoms with E-state index in [1.165, 1.54) is 0 Å². The molecule has 0 bridgehead atoms. The van der Waals surface area contributed by atoms with Crippen LogP contribution in [-0.4, -0.2) is 33.9 Å². The van der Waals surface area contributed by atoms with Gasteiger partial charge >= 0.3 is 6.03 Å². The van der Waals surface area contributed by atoms with Crippen molar-refractivity contribution < 1.29 is 19.0 Å². The molecule has 0 aliphatic rings. The standard InChI is InChI=1S/C20H26N2O4/c1-13-6-7-14(2)16(10-13)22-20(23)21-9-8-15-11-17(24-3)19(26-5)18(12-15)25-4/h6-7,10-12H,8-9H2,1-5H3,(H2,21,22,23). The van der Waals surface area contributed by atoms with Crippen LogP contribution in [0.25, 0.3) is 0 Å². The quantitative estimate of drug-likeness (QED) is 0.792. The van der Waals surface area contributed by atoms with Crippen molar-refractivity contribution in [3.63, 3.8) is 0 Å². The summed E-state index contributed by atoms with van der Waals surface area (Å²) in [4.78, 5) is 12.1. The van der Waals surface area contributed by atoms with Crippen LogP contribution in [0.5, 0.6) is 17.2 Å². The van der Waals surface area contributed by atoms with Gasteiger partial charge in [-0.1, -0.05) is 12.1 Å². The molecule has 0 heterocycles. The third-order valence-electron chi connectivity index (χ3n) is 4.07. The molecule has 2 aromatic rings. The smallest absolute Gasteiger partial charge is 0.319 e. The molecule has 0 saturated carbocycles. The Hall–Kier alpha value is -2.89. The van der Waals surface area contributed by atoms with Crippen molar-refractivity contribution >= 4 is 11.7 Å². The summed E-state index contributed by atoms with van der Waals surface area (Å²) in [6.07, 6.45) is 0.636. The van der Waals surface area contributed by atoms with E-state index in [1.807, 2.05) is 44.2 Å². The van der Waals surface area contributed by atoms with Crippen LogP contribution in [0.1, 0.15) is 16.7 Å². The Bertz CT molecular complexity index is 749. The van der Waals surface area contributed by atoms with E-state index >= 15 is 0 Å². The van der Waals surface area contributed by atoms with Gasteiger partial charge in [0.1, 0.15) is 0 Å². The minimum absolute atomic E-state index is 0.230. The first kappa shape index (κ1) is 19.4. The van der Waals surface area contributed by atoms with E-state index in [0.29, 0.717) is 30.2 Å². The Kier molecular flexibility index (Phi) is 6.72. The summed E-state index contributed by atoms with van der Waals surface area (Å²) in [5.74, 6) is 1.75. The average Bonchev–Trinajstić information content (AvgIpc) is 2.63. The van der Waals surface area contributed by atoms with Gasteiger partial charge in [-0.05, 0) is 55.2 Å². The second-order valence-corrected chi connectivity index (χ2v) is 5.98. The van der Waals surface area contributed by atoms with E-state index in [9.17, 15) is 4.79 Å². The van der Waals surface area contributed by atoms with Gasteiger partial charge in [-0.2, -0.15) is 0 Å². The molecule has 0 aliphatic heterocycles. The predicted octanol–water partition coefficient (Wildman–Crippen LogP) is 3.69. The van der Waals surface area contributed by atoms with Crippen LogP contribution in [0.15, 0.2) is 30.3 Å². The van der Waals surface area contributed by atoms with Crippen molar-refractivity contribution in [1.29, 1.82) is 0 Å². The molecule has 0 aliphatic carbocycles. The summed E-state index contributed by atoms with van der Waals surface area (Å²) < 4.78 is 16.0. The van der Waals surface area contributed by atoms with E-state index in [-0.39, 0.29) is 6.03 Å². The third-order valence-corrected chi connectivity index (χ3v) is 4.07. The molecule has 0 aromatic heterocycles. The Morgan fingerprint density at radius 3 is 2.19 bits per heavy atom. The van der Waals surface area contributed by atoms with Crippen molar-refractivity contribution in [3.05, 3.63) is 47.0 Å². The number of nitrogens with one attached hydrogen (secondary N) is 2. The van der Waals surface area contributed by atoms with Gasteiger partial charge in [-0.25, -0.2) is 4.79 Å². The van der Waals surface area contributed by atoms with Gasteiger partial charge in [0.05, 0.1) is 21.3 Å². The Morgan fingerprint density at radius 1 is 0.962 bits per heavy atom. The number of methoxy groups -OCH3 is 3. The highest BCUT2D eigenvalue weighted by atomic mass is 16.5. The summed E-state index contributed by atoms with van der Waals surface area (Å²) >= 11 is 0. The first-order valence-corrected chi connectivity index (χ1v) is 8.39. The van der Waals surface area contributed by atoms with E-state index in [0.717, 1.165) is 22.4 Å². The van der Waals surface area contributed by atoms with Crippen LogP contribution in [0.3, 0.4) is 0 Å². The molecule has 2 N–H and O–H groups in total. The fourth-order valence-electron chi connectivity index (χ4n) is 2.64. The van der Waals surface area contributed by atoms with Gasteiger partial charge in [-0.3, -0.25) is 0 Å². The normalized spacial score (nSPS) is 10.2. The summed E-state index contributed by atoms with van der Waals surface area (Å²) in [6.45, 7) is 4.44. The van der Waals surface area contributed by atoms with Crippen LogP contribution in [0.2, 0.25) is 0 Å². The van der Waals surface area contributed by atoms with Crippen molar-refractivity contribution in [2.24, 2.45) is 0 Å². The number of carbonyl (C=O) groups excluding carboxylic acids is 1. The average molecular weight is 358 g/mol. The third kappa shape index (κ3) is 4.81. The van der Waals surface area contributed by atoms with Gasteiger partial charge < -0.3 is 24.8 Å². The molecule has 6 heteroatoms. The number of hydrogen-bond donors (Lipinski definition) is 2. The zero-order valence-corrected chi connectivity index (χ0v) is 15.9. The molecular weight excluding hydrogens is 332 g/mol. The molecule has 140 valence electrons. The Morgan fingerprint density at radius 2 is 1.62 bits per heavy atom. The Balaban J connectivity index is 1.96. The predicted molar refractivity (Wildman–Crippen MR) is 103 cm³/mol. The molecule has 0 atom stereocenters. The topological polar surface area (TPSA) is 68.8 Å². The van der Waals surface area contributed by atoms with Crippen LogP contribution < -0.4 is 24.8 Å². The number of ether oxygens (including phenoxy) is 3. The number of benzene rings is 2. The van der Waals surface area contributed by atoms with Gasteiger partial charge in [0, 0.05) is 12.2 Å². The summed E-state index contributed by atoms with van der Waals surface area (Å²) in [6, 6.07) is 9.49. The van der Waals surface area contributed by atoms with Crippen molar-refractivity contribution in [2.75, 3.05) is 33.2 Å². The highest BCUT2D eigenvalue weighted by Gasteiger charge is 2.13. The SMILES string of the molecule is COc1cc(CCNC(=O)Nc2cc(C)ccc2C)cc(OC)c1OC. The van der Waals surface area contributed by atoms with Crippen molar-refractivity contribution in [3.8, 4) is 17.2 Å². The fourth-order valence-corrected chi connectivity index (χ4v) is 2.64. The molecule has 0 saturated heterocycles. The second kappa shape index (κ2) is 8.99. The summed E-state index contributed by atoms with van der Waals surface area (Å²) in [5, 5.41) is 5.75. The minimum atomic E-state index is -0.230. The van der Waals surface area contributed by atoms with Crippen LogP contribution in [-0.2, 0) is 6.42 Å². The minimum Gasteiger partial charge on any atom is -0.493 e. The highest BCUT2D eigenvalue weighted by molar-refractivity contribution is 5.90. The fraction of sp³-hybridized carbons (Fsp3) is 0.350. The molecule has 6 nitrogen and oxygen atoms in total. The molecule has 0 radical (unpaired) electrons. The van der Waals surface area contributed by atoms with Crippen LogP contribution in [0, 0.1) is 13.8 Å². The first-order chi connectivity index (χ1) is 12.5. The maximum Gasteiger partial charge on any atom is 0.319 e. The number of urea groups is 1. The largest absolute Gasteiger partial charge is 0.493 e. The van der Waals surface area contributed by atoms with Crippen LogP contribution in [0.4, 0.5) is 10.5 Å². The second-order valence-electron chi connectivity index (χ2n) is 5.98. The van der Waals surface area contributed by atoms with E-state index < -0.39 is 0 Å². The monoisotopic (exact) mass is 358 g/mol. The number of hydrogen-bond acceptors (Lipinski definition) is 4. The van der Waals surface area contributed by atoms with E-state index in [2.05, 4.69) is 10.6 Å². The van der Waals surface area contributed by atoms with Crippen molar-refractivity contribution in [1.82, 2.24) is 5.32 Å². The molecule has 26 heavy (non-hydrogen) atoms. The van der Waals surface area contributed by atoms with Gasteiger partial charge in [0.15, 0.2) is 11.5 Å². The zero-order chi connectivity index (χ0) is 19.1. The number of rotatable bonds is 7. The lowest BCUT2D eigenvalue weighted by Gasteiger charge is -2.14. The summed E-state index contributed by atoms with van der Waals surface area (Å²) in [5.41, 5.74) is 3.92. The Labute approximate surface area is 154 Å². The maximum atomic E-state index is 12.1. The van der Waals surface area contributed by atoms with Crippen molar-refractivity contribution in [2.45, 2.75) is 20.3 Å². The molecular formula is C20H26N2O4. The number of aryl methyl sites for hydroxylation is 2. The van der Waals surface area contributed by atoms with Gasteiger partial charge in [-0.15, -0.1) is 0 Å². The highest BCUT2D eigenvalue weighted by Crippen LogP contribution is 2.38. The number of carbonyl (C=O) groups is 1. The van der Waals surface area contributed by atoms with Gasteiger partial charge in [0.2, 0.25) is 5.75 Å². The number of amides is 2. The molecule has 2 aromatic carbocycles. The molecule has 2 rings (SSSR count). The van der Waals surface area contributed by atoms with Crippen LogP contribution >= 0.6 is 0 Å². The van der Waals surface area contributed by atoms with Gasteiger partial charge in [0.25, 0.3) is 0 Å². The molecule has 2 amide bonds. The lowest BCUT2D eigenvalue weighted by Crippen LogP contribution is -2.30. The maximum absolute atomic E-state index is 12.1. The van der Waals surface area contributed by atoms with E-state index in [1.54, 1.807) is 21.3 Å². The van der Waals surface area contributed by atoms with E-state index in [4.69, 9.17) is 14.2 Å². The number of anilines is 1. The first-order valence-electron chi connectivity index (χ1n) is 8.39. The lowest BCUT2D eigenvalue weighted by atomic mass is 10.1. The molecule has 0 unspecified atom stereocenters. The summed E-state index contributed by atoms with van der Waals surface area (Å²) in [7, 11) is 4.73. The molecule has 0 spiro atoms. The zero-order valence-electron chi connectivity index (χ0n) is 15.9.